The second-order valence-electron chi connectivity index (χ2n) is 5.30. The minimum Gasteiger partial charge on any atom is -0.480 e. The Morgan fingerprint density at radius 3 is 2.50 bits per heavy atom. The molecule has 0 fully saturated rings. The fraction of sp³-hybridized carbons (Fsp3) is 0.286. The summed E-state index contributed by atoms with van der Waals surface area (Å²) >= 11 is 2.27. The van der Waals surface area contributed by atoms with Crippen LogP contribution in [0.5, 0.6) is 0 Å². The average Bonchev–Trinajstić information content (AvgIpc) is 2.99. The molecule has 0 saturated heterocycles. The number of rotatable bonds is 4. The summed E-state index contributed by atoms with van der Waals surface area (Å²) in [5, 5.41) is 11.0. The van der Waals surface area contributed by atoms with Gasteiger partial charge < -0.3 is 10.4 Å². The molecule has 0 spiro atoms. The molecule has 0 aromatic carbocycles. The molecule has 0 aliphatic rings. The lowest BCUT2D eigenvalue weighted by molar-refractivity contribution is -0.135. The highest BCUT2D eigenvalue weighted by Crippen LogP contribution is 2.35. The number of fused-ring (bicyclic) bond motifs is 2. The summed E-state index contributed by atoms with van der Waals surface area (Å²) in [6, 6.07) is 0. The summed E-state index contributed by atoms with van der Waals surface area (Å²) in [6.45, 7) is -0.515. The van der Waals surface area contributed by atoms with Gasteiger partial charge in [0, 0.05) is 14.1 Å². The third-order valence-electron chi connectivity index (χ3n) is 3.67. The Balaban J connectivity index is 2.30. The Labute approximate surface area is 153 Å². The lowest BCUT2D eigenvalue weighted by atomic mass is 10.4. The molecule has 12 heteroatoms. The monoisotopic (exact) mass is 395 g/mol. The Morgan fingerprint density at radius 2 is 1.88 bits per heavy atom. The van der Waals surface area contributed by atoms with E-state index in [0.29, 0.717) is 15.2 Å². The summed E-state index contributed by atoms with van der Waals surface area (Å²) in [5.74, 6) is -1.72. The van der Waals surface area contributed by atoms with E-state index < -0.39 is 29.7 Å². The number of aliphatic carboxylic acids is 1. The maximum Gasteiger partial charge on any atom is 0.332 e. The van der Waals surface area contributed by atoms with Crippen molar-refractivity contribution in [2.75, 3.05) is 12.8 Å². The van der Waals surface area contributed by atoms with Gasteiger partial charge >= 0.3 is 11.7 Å². The summed E-state index contributed by atoms with van der Waals surface area (Å²) < 4.78 is 2.15. The zero-order valence-corrected chi connectivity index (χ0v) is 15.5. The van der Waals surface area contributed by atoms with E-state index in [1.807, 2.05) is 0 Å². The van der Waals surface area contributed by atoms with Crippen LogP contribution in [0.1, 0.15) is 9.67 Å². The second-order valence-corrected chi connectivity index (χ2v) is 7.11. The van der Waals surface area contributed by atoms with Crippen molar-refractivity contribution in [3.05, 3.63) is 25.7 Å². The SMILES string of the molecule is CSc1c(C(=O)NCC(=O)O)sc2nc3c(nc12)c(=O)n(C)c(=O)n3C. The number of carbonyl (C=O) groups excluding carboxylic acids is 1. The molecule has 0 aliphatic carbocycles. The first-order valence-electron chi connectivity index (χ1n) is 7.20. The minimum absolute atomic E-state index is 0.0210. The van der Waals surface area contributed by atoms with Crippen LogP contribution < -0.4 is 16.6 Å². The first-order chi connectivity index (χ1) is 12.3. The van der Waals surface area contributed by atoms with Crippen molar-refractivity contribution in [3.8, 4) is 0 Å². The van der Waals surface area contributed by atoms with E-state index in [-0.39, 0.29) is 16.0 Å². The molecule has 0 atom stereocenters. The maximum absolute atomic E-state index is 12.4. The molecule has 10 nitrogen and oxygen atoms in total. The van der Waals surface area contributed by atoms with Crippen molar-refractivity contribution >= 4 is 56.5 Å². The van der Waals surface area contributed by atoms with Crippen LogP contribution in [0.25, 0.3) is 21.5 Å². The summed E-state index contributed by atoms with van der Waals surface area (Å²) in [7, 11) is 2.83. The van der Waals surface area contributed by atoms with Crippen molar-refractivity contribution in [2.24, 2.45) is 14.1 Å². The molecule has 136 valence electrons. The molecule has 0 radical (unpaired) electrons. The number of thioether (sulfide) groups is 1. The summed E-state index contributed by atoms with van der Waals surface area (Å²) in [6.07, 6.45) is 1.74. The van der Waals surface area contributed by atoms with E-state index in [2.05, 4.69) is 15.3 Å². The molecule has 1 amide bonds. The number of thiophene rings is 1. The number of aromatic nitrogens is 4. The normalized spacial score (nSPS) is 11.2. The molecule has 3 heterocycles. The number of hydrogen-bond acceptors (Lipinski definition) is 8. The van der Waals surface area contributed by atoms with E-state index in [1.165, 1.54) is 30.4 Å². The minimum atomic E-state index is -1.16. The predicted octanol–water partition coefficient (Wildman–Crippen LogP) is -0.222. The van der Waals surface area contributed by atoms with Crippen molar-refractivity contribution in [1.82, 2.24) is 24.4 Å². The topological polar surface area (TPSA) is 136 Å². The van der Waals surface area contributed by atoms with Crippen LogP contribution in [0.3, 0.4) is 0 Å². The lowest BCUT2D eigenvalue weighted by Gasteiger charge is -2.06. The van der Waals surface area contributed by atoms with E-state index in [4.69, 9.17) is 5.11 Å². The number of amides is 1. The van der Waals surface area contributed by atoms with E-state index >= 15 is 0 Å². The average molecular weight is 395 g/mol. The number of carboxylic acids is 1. The first-order valence-corrected chi connectivity index (χ1v) is 9.24. The van der Waals surface area contributed by atoms with Gasteiger partial charge in [-0.3, -0.25) is 23.5 Å². The third-order valence-corrected chi connectivity index (χ3v) is 5.68. The van der Waals surface area contributed by atoms with Crippen molar-refractivity contribution in [3.63, 3.8) is 0 Å². The molecule has 0 saturated carbocycles. The maximum atomic E-state index is 12.4. The molecular weight excluding hydrogens is 382 g/mol. The van der Waals surface area contributed by atoms with Crippen LogP contribution in [0.4, 0.5) is 0 Å². The van der Waals surface area contributed by atoms with E-state index in [9.17, 15) is 19.2 Å². The fourth-order valence-electron chi connectivity index (χ4n) is 2.39. The Hall–Kier alpha value is -2.73. The van der Waals surface area contributed by atoms with Gasteiger partial charge in [0.25, 0.3) is 11.5 Å². The highest BCUT2D eigenvalue weighted by Gasteiger charge is 2.22. The lowest BCUT2D eigenvalue weighted by Crippen LogP contribution is -2.37. The number of carbonyl (C=O) groups is 2. The van der Waals surface area contributed by atoms with Crippen molar-refractivity contribution in [2.45, 2.75) is 4.90 Å². The van der Waals surface area contributed by atoms with Gasteiger partial charge in [-0.05, 0) is 6.26 Å². The van der Waals surface area contributed by atoms with E-state index in [1.54, 1.807) is 6.26 Å². The van der Waals surface area contributed by atoms with Crippen LogP contribution in [-0.4, -0.2) is 48.9 Å². The Morgan fingerprint density at radius 1 is 1.19 bits per heavy atom. The van der Waals surface area contributed by atoms with Crippen molar-refractivity contribution in [1.29, 1.82) is 0 Å². The van der Waals surface area contributed by atoms with Crippen LogP contribution in [0.15, 0.2) is 14.5 Å². The standard InChI is InChI=1S/C14H13N5O5S2/c1-18-10-7(13(23)19(2)14(18)24)16-6-8(25-3)9(26-12(6)17-10)11(22)15-4-5(20)21/h4H2,1-3H3,(H,15,22)(H,20,21). The highest BCUT2D eigenvalue weighted by atomic mass is 32.2. The number of aryl methyl sites for hydroxylation is 1. The van der Waals surface area contributed by atoms with Gasteiger partial charge in [0.2, 0.25) is 0 Å². The van der Waals surface area contributed by atoms with Gasteiger partial charge in [-0.15, -0.1) is 23.1 Å². The summed E-state index contributed by atoms with van der Waals surface area (Å²) in [5.41, 5.74) is -0.597. The summed E-state index contributed by atoms with van der Waals surface area (Å²) in [4.78, 5) is 57.2. The highest BCUT2D eigenvalue weighted by molar-refractivity contribution is 7.99. The fourth-order valence-corrected chi connectivity index (χ4v) is 4.37. The molecule has 3 rings (SSSR count). The molecule has 0 aliphatic heterocycles. The van der Waals surface area contributed by atoms with Crippen LogP contribution in [0.2, 0.25) is 0 Å². The van der Waals surface area contributed by atoms with Gasteiger partial charge in [-0.25, -0.2) is 14.8 Å². The van der Waals surface area contributed by atoms with Gasteiger partial charge in [0.15, 0.2) is 11.2 Å². The third kappa shape index (κ3) is 2.76. The molecule has 2 N–H and O–H groups in total. The number of nitrogens with zero attached hydrogens (tertiary/aromatic N) is 4. The largest absolute Gasteiger partial charge is 0.480 e. The van der Waals surface area contributed by atoms with Crippen LogP contribution >= 0.6 is 23.1 Å². The van der Waals surface area contributed by atoms with E-state index in [0.717, 1.165) is 15.9 Å². The van der Waals surface area contributed by atoms with Gasteiger partial charge in [-0.1, -0.05) is 0 Å². The molecule has 26 heavy (non-hydrogen) atoms. The number of carboxylic acid groups (broad SMARTS) is 1. The Kier molecular flexibility index (Phi) is 4.54. The zero-order valence-electron chi connectivity index (χ0n) is 13.9. The molecule has 3 aromatic heterocycles. The van der Waals surface area contributed by atoms with Crippen LogP contribution in [-0.2, 0) is 18.9 Å². The second kappa shape index (κ2) is 6.53. The van der Waals surface area contributed by atoms with Crippen molar-refractivity contribution < 1.29 is 14.7 Å². The zero-order chi connectivity index (χ0) is 19.2. The number of hydrogen-bond donors (Lipinski definition) is 2. The molecular formula is C14H13N5O5S2. The first kappa shape index (κ1) is 18.1. The van der Waals surface area contributed by atoms with Gasteiger partial charge in [0.1, 0.15) is 21.8 Å². The van der Waals surface area contributed by atoms with Crippen LogP contribution in [0, 0.1) is 0 Å². The smallest absolute Gasteiger partial charge is 0.332 e. The van der Waals surface area contributed by atoms with Gasteiger partial charge in [-0.2, -0.15) is 0 Å². The molecule has 0 bridgehead atoms. The Bertz CT molecular complexity index is 1190. The number of nitrogens with one attached hydrogen (secondary N) is 1. The molecule has 0 unspecified atom stereocenters. The van der Waals surface area contributed by atoms with Gasteiger partial charge in [0.05, 0.1) is 4.90 Å². The quantitative estimate of drug-likeness (QED) is 0.579. The predicted molar refractivity (Wildman–Crippen MR) is 97.2 cm³/mol. The molecule has 3 aromatic rings.